The van der Waals surface area contributed by atoms with E-state index in [1.54, 1.807) is 0 Å². The van der Waals surface area contributed by atoms with E-state index in [-0.39, 0.29) is 11.3 Å². The van der Waals surface area contributed by atoms with Crippen molar-refractivity contribution in [1.82, 2.24) is 24.5 Å². The molecule has 35 heavy (non-hydrogen) atoms. The molecule has 3 heterocycles. The maximum absolute atomic E-state index is 13.5. The van der Waals surface area contributed by atoms with E-state index in [1.807, 2.05) is 34.7 Å². The summed E-state index contributed by atoms with van der Waals surface area (Å²) >= 11 is 6.22. The molecule has 1 aromatic carbocycles. The Labute approximate surface area is 215 Å². The third-order valence-corrected chi connectivity index (χ3v) is 7.99. The zero-order valence-electron chi connectivity index (χ0n) is 21.7. The topological polar surface area (TPSA) is 53.8 Å². The highest BCUT2D eigenvalue weighted by Crippen LogP contribution is 2.36. The summed E-state index contributed by atoms with van der Waals surface area (Å²) in [6.45, 7) is 13.8. The first-order valence-corrected chi connectivity index (χ1v) is 13.3. The number of halogens is 1. The van der Waals surface area contributed by atoms with Crippen LogP contribution in [-0.2, 0) is 17.9 Å². The standard InChI is InChI=1S/C27H40ClN5O2/c1-5-33-18-23(22(3)29-33)17-31-10-6-9-27(19-31,16-26(34)32-13-11-30(4)12-14-32)20-35-24-7-8-25(28)21(2)15-24/h7-8,15,18H,5-6,9-14,16-17,19-20H2,1-4H3. The lowest BCUT2D eigenvalue weighted by Gasteiger charge is -2.43. The number of hydrogen-bond donors (Lipinski definition) is 0. The normalized spacial score (nSPS) is 21.9. The Kier molecular flexibility index (Phi) is 8.40. The number of rotatable bonds is 8. The van der Waals surface area contributed by atoms with Gasteiger partial charge in [0.25, 0.3) is 0 Å². The molecule has 4 rings (SSSR count). The minimum atomic E-state index is -0.221. The van der Waals surface area contributed by atoms with Crippen LogP contribution in [-0.4, -0.2) is 83.3 Å². The van der Waals surface area contributed by atoms with E-state index in [1.165, 1.54) is 5.56 Å². The number of piperidine rings is 1. The summed E-state index contributed by atoms with van der Waals surface area (Å²) in [7, 11) is 2.12. The molecule has 0 radical (unpaired) electrons. The molecule has 2 aliphatic heterocycles. The number of amides is 1. The van der Waals surface area contributed by atoms with Crippen molar-refractivity contribution < 1.29 is 9.53 Å². The third kappa shape index (κ3) is 6.57. The lowest BCUT2D eigenvalue weighted by atomic mass is 9.77. The number of piperazine rings is 1. The van der Waals surface area contributed by atoms with Crippen LogP contribution in [0.15, 0.2) is 24.4 Å². The molecule has 1 aromatic heterocycles. The summed E-state index contributed by atoms with van der Waals surface area (Å²) in [5, 5.41) is 5.37. The summed E-state index contributed by atoms with van der Waals surface area (Å²) in [4.78, 5) is 20.3. The lowest BCUT2D eigenvalue weighted by Crippen LogP contribution is -2.52. The Morgan fingerprint density at radius 2 is 1.94 bits per heavy atom. The molecule has 0 aliphatic carbocycles. The van der Waals surface area contributed by atoms with Crippen LogP contribution in [0.4, 0.5) is 0 Å². The summed E-state index contributed by atoms with van der Waals surface area (Å²) in [5.41, 5.74) is 3.13. The zero-order chi connectivity index (χ0) is 25.0. The van der Waals surface area contributed by atoms with Gasteiger partial charge in [-0.25, -0.2) is 0 Å². The fourth-order valence-corrected chi connectivity index (χ4v) is 5.42. The molecule has 8 heteroatoms. The van der Waals surface area contributed by atoms with Gasteiger partial charge in [-0.05, 0) is 71.0 Å². The second-order valence-electron chi connectivity index (χ2n) is 10.5. The van der Waals surface area contributed by atoms with Crippen molar-refractivity contribution in [3.8, 4) is 5.75 Å². The number of carbonyl (C=O) groups excluding carboxylic acids is 1. The van der Waals surface area contributed by atoms with Gasteiger partial charge in [0.05, 0.1) is 12.3 Å². The quantitative estimate of drug-likeness (QED) is 0.547. The Morgan fingerprint density at radius 1 is 1.17 bits per heavy atom. The fraction of sp³-hybridized carbons (Fsp3) is 0.630. The zero-order valence-corrected chi connectivity index (χ0v) is 22.5. The van der Waals surface area contributed by atoms with E-state index < -0.39 is 0 Å². The maximum atomic E-state index is 13.5. The molecule has 192 valence electrons. The highest BCUT2D eigenvalue weighted by atomic mass is 35.5. The van der Waals surface area contributed by atoms with E-state index >= 15 is 0 Å². The van der Waals surface area contributed by atoms with Gasteiger partial charge < -0.3 is 14.5 Å². The predicted molar refractivity (Wildman–Crippen MR) is 140 cm³/mol. The van der Waals surface area contributed by atoms with Crippen LogP contribution in [0.2, 0.25) is 5.02 Å². The van der Waals surface area contributed by atoms with E-state index in [0.717, 1.165) is 87.2 Å². The van der Waals surface area contributed by atoms with Gasteiger partial charge in [-0.3, -0.25) is 14.4 Å². The van der Waals surface area contributed by atoms with Crippen LogP contribution in [0, 0.1) is 19.3 Å². The Bertz CT molecular complexity index is 1020. The van der Waals surface area contributed by atoms with Crippen molar-refractivity contribution in [2.75, 3.05) is 52.9 Å². The molecular weight excluding hydrogens is 462 g/mol. The maximum Gasteiger partial charge on any atom is 0.223 e. The Hall–Kier alpha value is -2.09. The predicted octanol–water partition coefficient (Wildman–Crippen LogP) is 4.00. The van der Waals surface area contributed by atoms with Crippen molar-refractivity contribution in [1.29, 1.82) is 0 Å². The Morgan fingerprint density at radius 3 is 2.63 bits per heavy atom. The lowest BCUT2D eigenvalue weighted by molar-refractivity contribution is -0.137. The number of carbonyl (C=O) groups is 1. The molecule has 2 fully saturated rings. The smallest absolute Gasteiger partial charge is 0.223 e. The third-order valence-electron chi connectivity index (χ3n) is 7.56. The molecule has 1 atom stereocenters. The fourth-order valence-electron chi connectivity index (χ4n) is 5.31. The number of aromatic nitrogens is 2. The van der Waals surface area contributed by atoms with Crippen LogP contribution in [0.25, 0.3) is 0 Å². The van der Waals surface area contributed by atoms with Crippen LogP contribution in [0.5, 0.6) is 5.75 Å². The molecule has 0 saturated carbocycles. The number of ether oxygens (including phenoxy) is 1. The minimum absolute atomic E-state index is 0.221. The van der Waals surface area contributed by atoms with Gasteiger partial charge in [-0.1, -0.05) is 11.6 Å². The number of aryl methyl sites for hydroxylation is 3. The first-order chi connectivity index (χ1) is 16.8. The largest absolute Gasteiger partial charge is 0.493 e. The summed E-state index contributed by atoms with van der Waals surface area (Å²) in [5.74, 6) is 1.07. The van der Waals surface area contributed by atoms with Crippen molar-refractivity contribution in [3.63, 3.8) is 0 Å². The monoisotopic (exact) mass is 501 g/mol. The molecule has 0 N–H and O–H groups in total. The highest BCUT2D eigenvalue weighted by Gasteiger charge is 2.40. The van der Waals surface area contributed by atoms with E-state index in [2.05, 4.69) is 42.0 Å². The van der Waals surface area contributed by atoms with Gasteiger partial charge in [-0.15, -0.1) is 0 Å². The van der Waals surface area contributed by atoms with Crippen molar-refractivity contribution >= 4 is 17.5 Å². The molecule has 7 nitrogen and oxygen atoms in total. The minimum Gasteiger partial charge on any atom is -0.493 e. The van der Waals surface area contributed by atoms with Gasteiger partial charge in [0, 0.05) is 74.4 Å². The average Bonchev–Trinajstić information content (AvgIpc) is 3.19. The highest BCUT2D eigenvalue weighted by molar-refractivity contribution is 6.31. The first-order valence-electron chi connectivity index (χ1n) is 12.9. The molecule has 2 aliphatic rings. The molecule has 0 bridgehead atoms. The van der Waals surface area contributed by atoms with Gasteiger partial charge >= 0.3 is 0 Å². The molecule has 2 aromatic rings. The number of benzene rings is 1. The average molecular weight is 502 g/mol. The molecule has 2 saturated heterocycles. The Balaban J connectivity index is 1.50. The summed E-state index contributed by atoms with van der Waals surface area (Å²) in [6.07, 6.45) is 4.73. The number of hydrogen-bond acceptors (Lipinski definition) is 5. The van der Waals surface area contributed by atoms with Gasteiger partial charge in [-0.2, -0.15) is 5.10 Å². The van der Waals surface area contributed by atoms with E-state index in [9.17, 15) is 4.79 Å². The SMILES string of the molecule is CCn1cc(CN2CCCC(COc3ccc(Cl)c(C)c3)(CC(=O)N3CCN(C)CC3)C2)c(C)n1. The first kappa shape index (κ1) is 26.0. The molecule has 1 unspecified atom stereocenters. The molecule has 1 amide bonds. The second-order valence-corrected chi connectivity index (χ2v) is 10.9. The molecule has 0 spiro atoms. The van der Waals surface area contributed by atoms with Gasteiger partial charge in [0.15, 0.2) is 0 Å². The second kappa shape index (κ2) is 11.3. The van der Waals surface area contributed by atoms with Crippen molar-refractivity contribution in [2.24, 2.45) is 5.41 Å². The van der Waals surface area contributed by atoms with Crippen LogP contribution < -0.4 is 4.74 Å². The van der Waals surface area contributed by atoms with Gasteiger partial charge in [0.2, 0.25) is 5.91 Å². The van der Waals surface area contributed by atoms with Crippen LogP contribution in [0.1, 0.15) is 43.0 Å². The summed E-state index contributed by atoms with van der Waals surface area (Å²) < 4.78 is 8.36. The van der Waals surface area contributed by atoms with Crippen LogP contribution in [0.3, 0.4) is 0 Å². The van der Waals surface area contributed by atoms with Crippen molar-refractivity contribution in [3.05, 3.63) is 46.2 Å². The van der Waals surface area contributed by atoms with Gasteiger partial charge in [0.1, 0.15) is 5.75 Å². The van der Waals surface area contributed by atoms with Crippen molar-refractivity contribution in [2.45, 2.75) is 53.1 Å². The number of likely N-dealkylation sites (tertiary alicyclic amines) is 1. The number of likely N-dealkylation sites (N-methyl/N-ethyl adjacent to an activating group) is 1. The summed E-state index contributed by atoms with van der Waals surface area (Å²) in [6, 6.07) is 5.80. The van der Waals surface area contributed by atoms with E-state index in [0.29, 0.717) is 13.0 Å². The number of nitrogens with zero attached hydrogens (tertiary/aromatic N) is 5. The molecular formula is C27H40ClN5O2. The van der Waals surface area contributed by atoms with E-state index in [4.69, 9.17) is 16.3 Å². The van der Waals surface area contributed by atoms with Crippen LogP contribution >= 0.6 is 11.6 Å².